The van der Waals surface area contributed by atoms with Crippen LogP contribution in [0.5, 0.6) is 0 Å². The van der Waals surface area contributed by atoms with Crippen LogP contribution in [0.3, 0.4) is 0 Å². The Hall–Kier alpha value is 0.0200. The summed E-state index contributed by atoms with van der Waals surface area (Å²) in [6, 6.07) is 3.15. The Morgan fingerprint density at radius 1 is 1.04 bits per heavy atom. The van der Waals surface area contributed by atoms with Crippen LogP contribution in [0.2, 0.25) is 25.1 Å². The van der Waals surface area contributed by atoms with Gasteiger partial charge in [-0.15, -0.1) is 11.3 Å². The first-order valence-electron chi connectivity index (χ1n) is 6.13. The fourth-order valence-electron chi connectivity index (χ4n) is 1.61. The number of hydrogen-bond donors (Lipinski definition) is 1. The molecule has 0 aliphatic carbocycles. The number of thioether (sulfide) groups is 1. The van der Waals surface area contributed by atoms with E-state index >= 15 is 0 Å². The van der Waals surface area contributed by atoms with Crippen molar-refractivity contribution in [2.75, 3.05) is 0 Å². The van der Waals surface area contributed by atoms with Crippen molar-refractivity contribution in [3.05, 3.63) is 47.5 Å². The molecule has 1 aromatic carbocycles. The van der Waals surface area contributed by atoms with Gasteiger partial charge in [-0.1, -0.05) is 64.1 Å². The van der Waals surface area contributed by atoms with Crippen molar-refractivity contribution in [1.29, 1.82) is 0 Å². The largest absolute Gasteiger partial charge is 0.374 e. The van der Waals surface area contributed by atoms with Crippen LogP contribution in [0.25, 0.3) is 0 Å². The zero-order chi connectivity index (χ0) is 18.2. The molecule has 2 rings (SSSR count). The maximum absolute atomic E-state index is 12.4. The first kappa shape index (κ1) is 20.3. The van der Waals surface area contributed by atoms with Gasteiger partial charge in [-0.3, -0.25) is 9.59 Å². The predicted molar refractivity (Wildman–Crippen MR) is 102 cm³/mol. The van der Waals surface area contributed by atoms with Gasteiger partial charge in [0.05, 0.1) is 34.9 Å². The van der Waals surface area contributed by atoms with Crippen LogP contribution < -0.4 is 0 Å². The molecule has 1 aromatic heterocycles. The molecular weight excluding hydrogens is 458 g/mol. The number of ketones is 1. The molecule has 0 radical (unpaired) electrons. The Kier molecular flexibility index (Phi) is 6.54. The minimum atomic E-state index is -2.28. The van der Waals surface area contributed by atoms with E-state index in [9.17, 15) is 14.7 Å². The molecule has 1 heterocycles. The molecule has 0 amide bonds. The van der Waals surface area contributed by atoms with Gasteiger partial charge >= 0.3 is 0 Å². The number of carbonyl (C=O) groups is 2. The third-order valence-electron chi connectivity index (χ3n) is 2.95. The summed E-state index contributed by atoms with van der Waals surface area (Å²) >= 11 is 31.4. The van der Waals surface area contributed by atoms with Crippen LogP contribution in [0.1, 0.15) is 16.6 Å². The normalized spacial score (nSPS) is 13.6. The quantitative estimate of drug-likeness (QED) is 0.191. The maximum Gasteiger partial charge on any atom is 0.233 e. The minimum absolute atomic E-state index is 0.0157. The van der Waals surface area contributed by atoms with Gasteiger partial charge in [0, 0.05) is 0 Å². The van der Waals surface area contributed by atoms with E-state index in [1.807, 2.05) is 0 Å². The van der Waals surface area contributed by atoms with Crippen LogP contribution in [-0.4, -0.2) is 21.6 Å². The van der Waals surface area contributed by atoms with E-state index in [4.69, 9.17) is 58.0 Å². The molecule has 2 aromatic rings. The molecule has 10 heteroatoms. The van der Waals surface area contributed by atoms with Gasteiger partial charge < -0.3 is 5.11 Å². The van der Waals surface area contributed by atoms with Crippen LogP contribution >= 0.6 is 81.1 Å². The average Bonchev–Trinajstić information content (AvgIpc) is 3.08. The second-order valence-electron chi connectivity index (χ2n) is 4.67. The van der Waals surface area contributed by atoms with Crippen LogP contribution in [0.15, 0.2) is 22.4 Å². The van der Waals surface area contributed by atoms with Crippen molar-refractivity contribution >= 4 is 92.0 Å². The molecule has 0 bridgehead atoms. The SMILES string of the molecule is CC(O)(C(=O)Sc1c(Cl)c(Cl)c(Cl)c(Cl)c1Cl)C(=O)c1cccs1. The summed E-state index contributed by atoms with van der Waals surface area (Å²) in [7, 11) is 0. The van der Waals surface area contributed by atoms with Gasteiger partial charge in [0.25, 0.3) is 0 Å². The number of carbonyl (C=O) groups excluding carboxylic acids is 2. The van der Waals surface area contributed by atoms with Crippen molar-refractivity contribution in [2.45, 2.75) is 17.4 Å². The molecule has 3 nitrogen and oxygen atoms in total. The molecule has 1 unspecified atom stereocenters. The summed E-state index contributed by atoms with van der Waals surface area (Å²) in [4.78, 5) is 25.0. The van der Waals surface area contributed by atoms with Crippen molar-refractivity contribution in [2.24, 2.45) is 0 Å². The molecule has 0 aliphatic heterocycles. The number of aliphatic hydroxyl groups is 1. The van der Waals surface area contributed by atoms with Gasteiger partial charge in [-0.2, -0.15) is 0 Å². The Bertz CT molecular complexity index is 789. The van der Waals surface area contributed by atoms with E-state index in [0.29, 0.717) is 11.8 Å². The molecule has 128 valence electrons. The van der Waals surface area contributed by atoms with Crippen molar-refractivity contribution in [3.8, 4) is 0 Å². The van der Waals surface area contributed by atoms with Crippen molar-refractivity contribution in [1.82, 2.24) is 0 Å². The molecule has 0 spiro atoms. The van der Waals surface area contributed by atoms with E-state index in [1.54, 1.807) is 11.4 Å². The Morgan fingerprint density at radius 2 is 1.54 bits per heavy atom. The van der Waals surface area contributed by atoms with E-state index in [-0.39, 0.29) is 34.9 Å². The van der Waals surface area contributed by atoms with E-state index in [0.717, 1.165) is 18.3 Å². The Morgan fingerprint density at radius 3 is 2.00 bits per heavy atom. The monoisotopic (exact) mass is 462 g/mol. The highest BCUT2D eigenvalue weighted by atomic mass is 35.5. The number of Topliss-reactive ketones (excluding diaryl/α,β-unsaturated/α-hetero) is 1. The lowest BCUT2D eigenvalue weighted by Crippen LogP contribution is -2.41. The van der Waals surface area contributed by atoms with Gasteiger partial charge in [-0.05, 0) is 30.1 Å². The van der Waals surface area contributed by atoms with Crippen molar-refractivity contribution < 1.29 is 14.7 Å². The lowest BCUT2D eigenvalue weighted by atomic mass is 10.0. The maximum atomic E-state index is 12.4. The lowest BCUT2D eigenvalue weighted by molar-refractivity contribution is -0.122. The summed E-state index contributed by atoms with van der Waals surface area (Å²) in [5.74, 6) is -0.728. The number of hydrogen-bond acceptors (Lipinski definition) is 5. The molecular formula is C14H7Cl5O3S2. The molecule has 0 aliphatic rings. The highest BCUT2D eigenvalue weighted by Gasteiger charge is 2.41. The molecule has 0 fully saturated rings. The number of thiophene rings is 1. The zero-order valence-electron chi connectivity index (χ0n) is 11.7. The summed E-state index contributed by atoms with van der Waals surface area (Å²) in [5, 5.41) is 10.8. The van der Waals surface area contributed by atoms with Crippen molar-refractivity contribution in [3.63, 3.8) is 0 Å². The first-order valence-corrected chi connectivity index (χ1v) is 9.72. The van der Waals surface area contributed by atoms with Gasteiger partial charge in [0.1, 0.15) is 0 Å². The molecule has 1 N–H and O–H groups in total. The van der Waals surface area contributed by atoms with Gasteiger partial charge in [0.2, 0.25) is 10.9 Å². The topological polar surface area (TPSA) is 54.4 Å². The Balaban J connectivity index is 2.38. The first-order chi connectivity index (χ1) is 11.1. The van der Waals surface area contributed by atoms with Gasteiger partial charge in [0.15, 0.2) is 5.60 Å². The minimum Gasteiger partial charge on any atom is -0.374 e. The van der Waals surface area contributed by atoms with Gasteiger partial charge in [-0.25, -0.2) is 0 Å². The highest BCUT2D eigenvalue weighted by Crippen LogP contribution is 2.48. The molecule has 0 saturated carbocycles. The smallest absolute Gasteiger partial charge is 0.233 e. The van der Waals surface area contributed by atoms with Crippen LogP contribution in [-0.2, 0) is 4.79 Å². The van der Waals surface area contributed by atoms with E-state index < -0.39 is 16.5 Å². The second kappa shape index (κ2) is 7.72. The fraction of sp³-hybridized carbons (Fsp3) is 0.143. The number of rotatable bonds is 4. The predicted octanol–water partition coefficient (Wildman–Crippen LogP) is 6.27. The summed E-state index contributed by atoms with van der Waals surface area (Å²) < 4.78 is 0. The zero-order valence-corrected chi connectivity index (χ0v) is 17.1. The lowest BCUT2D eigenvalue weighted by Gasteiger charge is -2.20. The standard InChI is InChI=1S/C14H7Cl5O3S2/c1-14(22,12(20)5-3-2-4-23-5)13(21)24-11-9(18)7(16)6(15)8(17)10(11)19/h2-4,22H,1H3. The van der Waals surface area contributed by atoms with Crippen LogP contribution in [0.4, 0.5) is 0 Å². The third kappa shape index (κ3) is 3.74. The van der Waals surface area contributed by atoms with E-state index in [1.165, 1.54) is 6.07 Å². The number of benzene rings is 1. The molecule has 24 heavy (non-hydrogen) atoms. The average molecular weight is 465 g/mol. The summed E-state index contributed by atoms with van der Waals surface area (Å²) in [6.45, 7) is 1.10. The molecule has 0 saturated heterocycles. The number of halogens is 5. The van der Waals surface area contributed by atoms with E-state index in [2.05, 4.69) is 0 Å². The fourth-order valence-corrected chi connectivity index (χ4v) is 4.72. The van der Waals surface area contributed by atoms with Crippen LogP contribution in [0, 0.1) is 0 Å². The highest BCUT2D eigenvalue weighted by molar-refractivity contribution is 8.14. The Labute approximate surface area is 170 Å². The second-order valence-corrected chi connectivity index (χ2v) is 8.49. The molecule has 1 atom stereocenters. The summed E-state index contributed by atoms with van der Waals surface area (Å²) in [5.41, 5.74) is -2.28. The summed E-state index contributed by atoms with van der Waals surface area (Å²) in [6.07, 6.45) is 0. The third-order valence-corrected chi connectivity index (χ3v) is 7.51.